The van der Waals surface area contributed by atoms with Gasteiger partial charge in [0.2, 0.25) is 0 Å². The summed E-state index contributed by atoms with van der Waals surface area (Å²) in [5.41, 5.74) is 0.983. The first-order chi connectivity index (χ1) is 11.4. The number of nitrogens with one attached hydrogen (secondary N) is 3. The van der Waals surface area contributed by atoms with Gasteiger partial charge in [0, 0.05) is 25.2 Å². The summed E-state index contributed by atoms with van der Waals surface area (Å²) in [7, 11) is 2.65. The number of methoxy groups -OCH3 is 1. The van der Waals surface area contributed by atoms with E-state index in [0.717, 1.165) is 6.07 Å². The van der Waals surface area contributed by atoms with Gasteiger partial charge in [0.1, 0.15) is 5.69 Å². The average Bonchev–Trinajstić information content (AvgIpc) is 2.90. The third-order valence-corrected chi connectivity index (χ3v) is 3.31. The van der Waals surface area contributed by atoms with Gasteiger partial charge in [-0.15, -0.1) is 0 Å². The second-order valence-electron chi connectivity index (χ2n) is 4.78. The molecule has 130 valence electrons. The molecular formula is C14H15F3N4O3. The molecule has 0 aliphatic rings. The lowest BCUT2D eigenvalue weighted by Gasteiger charge is -2.06. The number of amides is 2. The average molecular weight is 344 g/mol. The van der Waals surface area contributed by atoms with Crippen molar-refractivity contribution in [1.29, 1.82) is 0 Å². The molecule has 0 spiro atoms. The molecule has 2 rings (SSSR count). The van der Waals surface area contributed by atoms with E-state index in [1.165, 1.54) is 14.2 Å². The van der Waals surface area contributed by atoms with Crippen molar-refractivity contribution < 1.29 is 27.5 Å². The highest BCUT2D eigenvalue weighted by Crippen LogP contribution is 2.26. The van der Waals surface area contributed by atoms with E-state index < -0.39 is 24.1 Å². The topological polar surface area (TPSA) is 96.1 Å². The van der Waals surface area contributed by atoms with Crippen LogP contribution in [0.2, 0.25) is 0 Å². The van der Waals surface area contributed by atoms with Crippen molar-refractivity contribution >= 4 is 22.8 Å². The van der Waals surface area contributed by atoms with Gasteiger partial charge in [-0.25, -0.2) is 9.37 Å². The quantitative estimate of drug-likeness (QED) is 0.728. The van der Waals surface area contributed by atoms with Crippen LogP contribution in [0.25, 0.3) is 11.0 Å². The van der Waals surface area contributed by atoms with E-state index in [9.17, 15) is 22.8 Å². The number of hydrogen-bond acceptors (Lipinski definition) is 4. The molecule has 0 saturated carbocycles. The minimum Gasteiger partial charge on any atom is -0.479 e. The molecule has 24 heavy (non-hydrogen) atoms. The number of aromatic amines is 1. The van der Waals surface area contributed by atoms with E-state index in [1.807, 2.05) is 5.32 Å². The number of H-pyrrole nitrogens is 1. The highest BCUT2D eigenvalue weighted by molar-refractivity contribution is 6.00. The second-order valence-corrected chi connectivity index (χ2v) is 4.78. The monoisotopic (exact) mass is 344 g/mol. The van der Waals surface area contributed by atoms with E-state index in [0.29, 0.717) is 5.56 Å². The van der Waals surface area contributed by atoms with Gasteiger partial charge in [-0.1, -0.05) is 0 Å². The number of pyridine rings is 1. The molecule has 0 unspecified atom stereocenters. The lowest BCUT2D eigenvalue weighted by molar-refractivity contribution is -0.131. The molecule has 0 radical (unpaired) electrons. The van der Waals surface area contributed by atoms with Crippen LogP contribution in [0.15, 0.2) is 6.07 Å². The molecule has 0 saturated heterocycles. The zero-order chi connectivity index (χ0) is 17.9. The van der Waals surface area contributed by atoms with E-state index in [-0.39, 0.29) is 35.6 Å². The summed E-state index contributed by atoms with van der Waals surface area (Å²) in [4.78, 5) is 29.6. The Morgan fingerprint density at radius 3 is 2.71 bits per heavy atom. The van der Waals surface area contributed by atoms with Crippen LogP contribution in [0.3, 0.4) is 0 Å². The Hall–Kier alpha value is -2.78. The van der Waals surface area contributed by atoms with Crippen LogP contribution in [0.4, 0.5) is 13.2 Å². The first-order valence-corrected chi connectivity index (χ1v) is 6.92. The lowest BCUT2D eigenvalue weighted by Crippen LogP contribution is -2.31. The Kier molecular flexibility index (Phi) is 5.27. The van der Waals surface area contributed by atoms with Gasteiger partial charge in [-0.2, -0.15) is 8.78 Å². The standard InChI is InChI=1S/C14H15F3N4O3/c1-18-12(22)10-6(3-4-19-13(23)11(16)17)9-8(20-10)5-7(15)14(21-9)24-2/h5,11,20H,3-4H2,1-2H3,(H,18,22)(H,19,23). The summed E-state index contributed by atoms with van der Waals surface area (Å²) in [6.45, 7) is -0.137. The van der Waals surface area contributed by atoms with Crippen LogP contribution in [-0.2, 0) is 11.2 Å². The van der Waals surface area contributed by atoms with Crippen molar-refractivity contribution in [2.24, 2.45) is 0 Å². The molecule has 2 heterocycles. The van der Waals surface area contributed by atoms with Gasteiger partial charge in [0.05, 0.1) is 18.1 Å². The Morgan fingerprint density at radius 1 is 1.42 bits per heavy atom. The van der Waals surface area contributed by atoms with Gasteiger partial charge in [-0.05, 0) is 6.42 Å². The molecule has 0 atom stereocenters. The molecule has 0 fully saturated rings. The summed E-state index contributed by atoms with van der Waals surface area (Å²) in [5.74, 6) is -2.87. The molecule has 0 bridgehead atoms. The Labute approximate surface area is 134 Å². The molecule has 0 aromatic carbocycles. The fourth-order valence-electron chi connectivity index (χ4n) is 2.22. The number of ether oxygens (including phenoxy) is 1. The summed E-state index contributed by atoms with van der Waals surface area (Å²) < 4.78 is 42.9. The maximum Gasteiger partial charge on any atom is 0.315 e. The van der Waals surface area contributed by atoms with Gasteiger partial charge in [0.15, 0.2) is 5.82 Å². The van der Waals surface area contributed by atoms with Crippen LogP contribution in [0, 0.1) is 5.82 Å². The number of aromatic nitrogens is 2. The van der Waals surface area contributed by atoms with Crippen molar-refractivity contribution in [3.05, 3.63) is 23.1 Å². The maximum atomic E-state index is 13.7. The first kappa shape index (κ1) is 17.6. The number of hydrogen-bond donors (Lipinski definition) is 3. The van der Waals surface area contributed by atoms with E-state index >= 15 is 0 Å². The van der Waals surface area contributed by atoms with Crippen molar-refractivity contribution in [1.82, 2.24) is 20.6 Å². The third-order valence-electron chi connectivity index (χ3n) is 3.31. The molecule has 2 aromatic rings. The zero-order valence-electron chi connectivity index (χ0n) is 12.9. The number of fused-ring (bicyclic) bond motifs is 1. The predicted molar refractivity (Wildman–Crippen MR) is 78.7 cm³/mol. The minimum atomic E-state index is -3.13. The summed E-state index contributed by atoms with van der Waals surface area (Å²) in [6, 6.07) is 1.12. The Morgan fingerprint density at radius 2 is 2.12 bits per heavy atom. The van der Waals surface area contributed by atoms with Crippen LogP contribution in [0.5, 0.6) is 5.88 Å². The number of alkyl halides is 2. The molecule has 2 amide bonds. The highest BCUT2D eigenvalue weighted by atomic mass is 19.3. The van der Waals surface area contributed by atoms with Crippen molar-refractivity contribution in [2.45, 2.75) is 12.8 Å². The fraction of sp³-hybridized carbons (Fsp3) is 0.357. The SMILES string of the molecule is CNC(=O)c1[nH]c2cc(F)c(OC)nc2c1CCNC(=O)C(F)F. The van der Waals surface area contributed by atoms with Crippen LogP contribution in [-0.4, -0.2) is 48.9 Å². The first-order valence-electron chi connectivity index (χ1n) is 6.92. The Bertz CT molecular complexity index is 776. The van der Waals surface area contributed by atoms with Gasteiger partial charge >= 0.3 is 6.43 Å². The normalized spacial score (nSPS) is 10.9. The number of carbonyl (C=O) groups is 2. The summed E-state index contributed by atoms with van der Waals surface area (Å²) >= 11 is 0. The Balaban J connectivity index is 2.40. The van der Waals surface area contributed by atoms with Crippen LogP contribution < -0.4 is 15.4 Å². The van der Waals surface area contributed by atoms with Gasteiger partial charge in [0.25, 0.3) is 17.7 Å². The molecular weight excluding hydrogens is 329 g/mol. The largest absolute Gasteiger partial charge is 0.479 e. The summed E-state index contributed by atoms with van der Waals surface area (Å²) in [6.07, 6.45) is -3.08. The van der Waals surface area contributed by atoms with Gasteiger partial charge < -0.3 is 20.4 Å². The number of carbonyl (C=O) groups excluding carboxylic acids is 2. The van der Waals surface area contributed by atoms with Crippen LogP contribution in [0.1, 0.15) is 16.1 Å². The highest BCUT2D eigenvalue weighted by Gasteiger charge is 2.21. The third kappa shape index (κ3) is 3.42. The van der Waals surface area contributed by atoms with Crippen molar-refractivity contribution in [3.63, 3.8) is 0 Å². The predicted octanol–water partition coefficient (Wildman–Crippen LogP) is 0.994. The van der Waals surface area contributed by atoms with Crippen LogP contribution >= 0.6 is 0 Å². The number of rotatable bonds is 6. The number of halogens is 3. The van der Waals surface area contributed by atoms with Gasteiger partial charge in [-0.3, -0.25) is 9.59 Å². The fourth-order valence-corrected chi connectivity index (χ4v) is 2.22. The minimum absolute atomic E-state index is 0.0446. The van der Waals surface area contributed by atoms with E-state index in [4.69, 9.17) is 4.74 Å². The molecule has 0 aliphatic heterocycles. The smallest absolute Gasteiger partial charge is 0.315 e. The van der Waals surface area contributed by atoms with Crippen molar-refractivity contribution in [2.75, 3.05) is 20.7 Å². The summed E-state index contributed by atoms with van der Waals surface area (Å²) in [5, 5.41) is 4.45. The molecule has 10 heteroatoms. The number of nitrogens with zero attached hydrogens (tertiary/aromatic N) is 1. The van der Waals surface area contributed by atoms with Crippen molar-refractivity contribution in [3.8, 4) is 5.88 Å². The molecule has 0 aliphatic carbocycles. The zero-order valence-corrected chi connectivity index (χ0v) is 12.9. The molecule has 3 N–H and O–H groups in total. The maximum absolute atomic E-state index is 13.7. The lowest BCUT2D eigenvalue weighted by atomic mass is 10.1. The molecule has 2 aromatic heterocycles. The van der Waals surface area contributed by atoms with E-state index in [1.54, 1.807) is 0 Å². The van der Waals surface area contributed by atoms with E-state index in [2.05, 4.69) is 15.3 Å². The molecule has 7 nitrogen and oxygen atoms in total. The second kappa shape index (κ2) is 7.20.